The molecule has 0 bridgehead atoms. The minimum Gasteiger partial charge on any atom is -0.385 e. The molecule has 16 heavy (non-hydrogen) atoms. The van der Waals surface area contributed by atoms with E-state index in [9.17, 15) is 0 Å². The molecule has 0 amide bonds. The molecular weight excluding hydrogens is 200 g/mol. The Labute approximate surface area is 97.2 Å². The van der Waals surface area contributed by atoms with Crippen molar-refractivity contribution in [3.05, 3.63) is 23.5 Å². The number of hydrogen-bond donors (Lipinski definition) is 1. The van der Waals surface area contributed by atoms with Crippen LogP contribution in [-0.2, 0) is 17.6 Å². The van der Waals surface area contributed by atoms with E-state index in [0.717, 1.165) is 25.1 Å². The highest BCUT2D eigenvalue weighted by atomic mass is 16.5. The summed E-state index contributed by atoms with van der Waals surface area (Å²) in [6.45, 7) is 2.97. The lowest BCUT2D eigenvalue weighted by Crippen LogP contribution is -2.17. The summed E-state index contributed by atoms with van der Waals surface area (Å²) >= 11 is 0. The molecule has 1 aromatic heterocycles. The number of hydrogen-bond acceptors (Lipinski definition) is 3. The van der Waals surface area contributed by atoms with E-state index in [-0.39, 0.29) is 0 Å². The third kappa shape index (κ3) is 2.73. The molecule has 0 saturated carbocycles. The second-order valence-electron chi connectivity index (χ2n) is 4.51. The number of rotatable bonds is 5. The maximum atomic E-state index is 5.07. The average molecular weight is 220 g/mol. The van der Waals surface area contributed by atoms with Gasteiger partial charge in [-0.25, -0.2) is 0 Å². The first-order valence-electron chi connectivity index (χ1n) is 6.03. The van der Waals surface area contributed by atoms with Gasteiger partial charge in [0.1, 0.15) is 0 Å². The molecule has 1 unspecified atom stereocenters. The van der Waals surface area contributed by atoms with Gasteiger partial charge in [0.25, 0.3) is 0 Å². The molecule has 1 heterocycles. The smallest absolute Gasteiger partial charge is 0.0531 e. The zero-order chi connectivity index (χ0) is 11.4. The lowest BCUT2D eigenvalue weighted by molar-refractivity contribution is 0.191. The number of methoxy groups -OCH3 is 1. The molecule has 0 saturated heterocycles. The van der Waals surface area contributed by atoms with Crippen LogP contribution >= 0.6 is 0 Å². The Morgan fingerprint density at radius 3 is 3.19 bits per heavy atom. The third-order valence-corrected chi connectivity index (χ3v) is 3.09. The van der Waals surface area contributed by atoms with Crippen LogP contribution in [-0.4, -0.2) is 24.7 Å². The zero-order valence-electron chi connectivity index (χ0n) is 10.1. The molecule has 1 aromatic rings. The first kappa shape index (κ1) is 11.4. The molecule has 0 spiro atoms. The molecule has 0 fully saturated rings. The largest absolute Gasteiger partial charge is 0.385 e. The van der Waals surface area contributed by atoms with Crippen molar-refractivity contribution in [3.8, 4) is 0 Å². The van der Waals surface area contributed by atoms with Gasteiger partial charge < -0.3 is 10.1 Å². The van der Waals surface area contributed by atoms with Crippen molar-refractivity contribution in [3.63, 3.8) is 0 Å². The van der Waals surface area contributed by atoms with Crippen LogP contribution in [0, 0.1) is 0 Å². The van der Waals surface area contributed by atoms with Gasteiger partial charge in [-0.1, -0.05) is 0 Å². The van der Waals surface area contributed by atoms with Crippen LogP contribution in [0.15, 0.2) is 12.3 Å². The standard InChI is InChI=1S/C13H20N2O/c1-10(6-7-16-2)15-12-8-11-4-3-5-13(11)14-9-12/h8-10,15H,3-7H2,1-2H3. The number of pyridine rings is 1. The van der Waals surface area contributed by atoms with E-state index in [1.54, 1.807) is 7.11 Å². The van der Waals surface area contributed by atoms with Crippen molar-refractivity contribution >= 4 is 5.69 Å². The Hall–Kier alpha value is -1.09. The van der Waals surface area contributed by atoms with Gasteiger partial charge in [-0.05, 0) is 44.2 Å². The Kier molecular flexibility index (Phi) is 3.78. The fourth-order valence-electron chi connectivity index (χ4n) is 2.16. The second-order valence-corrected chi connectivity index (χ2v) is 4.51. The predicted molar refractivity (Wildman–Crippen MR) is 65.8 cm³/mol. The van der Waals surface area contributed by atoms with Crippen LogP contribution in [0.4, 0.5) is 5.69 Å². The zero-order valence-corrected chi connectivity index (χ0v) is 10.1. The van der Waals surface area contributed by atoms with Gasteiger partial charge >= 0.3 is 0 Å². The lowest BCUT2D eigenvalue weighted by atomic mass is 10.2. The quantitative estimate of drug-likeness (QED) is 0.827. The van der Waals surface area contributed by atoms with E-state index >= 15 is 0 Å². The van der Waals surface area contributed by atoms with Crippen molar-refractivity contribution in [1.29, 1.82) is 0 Å². The monoisotopic (exact) mass is 220 g/mol. The number of fused-ring (bicyclic) bond motifs is 1. The van der Waals surface area contributed by atoms with E-state index in [2.05, 4.69) is 23.3 Å². The van der Waals surface area contributed by atoms with Crippen molar-refractivity contribution in [2.24, 2.45) is 0 Å². The first-order valence-corrected chi connectivity index (χ1v) is 6.03. The highest BCUT2D eigenvalue weighted by Gasteiger charge is 2.12. The molecule has 1 aliphatic carbocycles. The molecule has 0 aromatic carbocycles. The molecule has 1 atom stereocenters. The van der Waals surface area contributed by atoms with Gasteiger partial charge in [-0.2, -0.15) is 0 Å². The summed E-state index contributed by atoms with van der Waals surface area (Å²) in [4.78, 5) is 4.50. The van der Waals surface area contributed by atoms with Crippen LogP contribution in [0.3, 0.4) is 0 Å². The SMILES string of the molecule is COCCC(C)Nc1cnc2c(c1)CCC2. The van der Waals surface area contributed by atoms with E-state index < -0.39 is 0 Å². The van der Waals surface area contributed by atoms with Gasteiger partial charge in [-0.15, -0.1) is 0 Å². The van der Waals surface area contributed by atoms with Crippen molar-refractivity contribution in [2.75, 3.05) is 19.0 Å². The van der Waals surface area contributed by atoms with Crippen LogP contribution < -0.4 is 5.32 Å². The number of nitrogens with one attached hydrogen (secondary N) is 1. The molecule has 2 rings (SSSR count). The fraction of sp³-hybridized carbons (Fsp3) is 0.615. The number of ether oxygens (including phenoxy) is 1. The lowest BCUT2D eigenvalue weighted by Gasteiger charge is -2.15. The summed E-state index contributed by atoms with van der Waals surface area (Å²) in [6.07, 6.45) is 6.56. The van der Waals surface area contributed by atoms with E-state index in [1.807, 2.05) is 6.20 Å². The molecule has 88 valence electrons. The highest BCUT2D eigenvalue weighted by molar-refractivity contribution is 5.46. The molecule has 1 N–H and O–H groups in total. The van der Waals surface area contributed by atoms with E-state index in [0.29, 0.717) is 6.04 Å². The Morgan fingerprint density at radius 2 is 2.38 bits per heavy atom. The van der Waals surface area contributed by atoms with Crippen LogP contribution in [0.1, 0.15) is 31.0 Å². The summed E-state index contributed by atoms with van der Waals surface area (Å²) < 4.78 is 5.07. The Balaban J connectivity index is 1.94. The first-order chi connectivity index (χ1) is 7.79. The van der Waals surface area contributed by atoms with Crippen LogP contribution in [0.2, 0.25) is 0 Å². The Morgan fingerprint density at radius 1 is 1.50 bits per heavy atom. The Bertz CT molecular complexity index is 352. The third-order valence-electron chi connectivity index (χ3n) is 3.09. The maximum Gasteiger partial charge on any atom is 0.0531 e. The maximum absolute atomic E-state index is 5.07. The topological polar surface area (TPSA) is 34.1 Å². The summed E-state index contributed by atoms with van der Waals surface area (Å²) in [5.41, 5.74) is 3.85. The van der Waals surface area contributed by atoms with Crippen LogP contribution in [0.5, 0.6) is 0 Å². The van der Waals surface area contributed by atoms with Crippen LogP contribution in [0.25, 0.3) is 0 Å². The summed E-state index contributed by atoms with van der Waals surface area (Å²) in [7, 11) is 1.74. The van der Waals surface area contributed by atoms with Gasteiger partial charge in [0.15, 0.2) is 0 Å². The predicted octanol–water partition coefficient (Wildman–Crippen LogP) is 2.41. The minimum absolute atomic E-state index is 0.432. The molecule has 0 radical (unpaired) electrons. The van der Waals surface area contributed by atoms with Crippen molar-refractivity contribution < 1.29 is 4.74 Å². The number of nitrogens with zero attached hydrogens (tertiary/aromatic N) is 1. The number of aryl methyl sites for hydroxylation is 2. The minimum atomic E-state index is 0.432. The highest BCUT2D eigenvalue weighted by Crippen LogP contribution is 2.22. The summed E-state index contributed by atoms with van der Waals surface area (Å²) in [5.74, 6) is 0. The van der Waals surface area contributed by atoms with Gasteiger partial charge in [0, 0.05) is 25.5 Å². The van der Waals surface area contributed by atoms with Crippen molar-refractivity contribution in [1.82, 2.24) is 4.98 Å². The van der Waals surface area contributed by atoms with Gasteiger partial charge in [0.2, 0.25) is 0 Å². The van der Waals surface area contributed by atoms with E-state index in [1.165, 1.54) is 24.1 Å². The average Bonchev–Trinajstić information content (AvgIpc) is 2.73. The van der Waals surface area contributed by atoms with Gasteiger partial charge in [-0.3, -0.25) is 4.98 Å². The molecular formula is C13H20N2O. The molecule has 0 aliphatic heterocycles. The molecule has 3 nitrogen and oxygen atoms in total. The fourth-order valence-corrected chi connectivity index (χ4v) is 2.16. The van der Waals surface area contributed by atoms with Crippen molar-refractivity contribution in [2.45, 2.75) is 38.6 Å². The molecule has 3 heteroatoms. The van der Waals surface area contributed by atoms with Gasteiger partial charge in [0.05, 0.1) is 11.9 Å². The normalized spacial score (nSPS) is 15.9. The second kappa shape index (κ2) is 5.30. The number of anilines is 1. The van der Waals surface area contributed by atoms with E-state index in [4.69, 9.17) is 4.74 Å². The number of aromatic nitrogens is 1. The summed E-state index contributed by atoms with van der Waals surface area (Å²) in [6, 6.07) is 2.68. The molecule has 1 aliphatic rings. The summed E-state index contributed by atoms with van der Waals surface area (Å²) in [5, 5.41) is 3.46.